The fourth-order valence-electron chi connectivity index (χ4n) is 2.68. The van der Waals surface area contributed by atoms with Crippen LogP contribution >= 0.6 is 0 Å². The molecular weight excluding hydrogens is 348 g/mol. The summed E-state index contributed by atoms with van der Waals surface area (Å²) >= 11 is 0. The van der Waals surface area contributed by atoms with Crippen LogP contribution in [0.2, 0.25) is 0 Å². The third-order valence-corrected chi connectivity index (χ3v) is 4.37. The maximum atomic E-state index is 12.9. The minimum absolute atomic E-state index is 0.148. The molecule has 0 saturated heterocycles. The number of hydrogen-bond donors (Lipinski definition) is 0. The van der Waals surface area contributed by atoms with Crippen molar-refractivity contribution >= 4 is 17.7 Å². The summed E-state index contributed by atoms with van der Waals surface area (Å²) in [4.78, 5) is 35.5. The van der Waals surface area contributed by atoms with Gasteiger partial charge >= 0.3 is 11.9 Å². The molecule has 6 nitrogen and oxygen atoms in total. The van der Waals surface area contributed by atoms with Gasteiger partial charge in [0.25, 0.3) is 0 Å². The van der Waals surface area contributed by atoms with Crippen molar-refractivity contribution in [2.45, 2.75) is 51.2 Å². The second-order valence-corrected chi connectivity index (χ2v) is 6.04. The molecule has 1 unspecified atom stereocenters. The van der Waals surface area contributed by atoms with Gasteiger partial charge in [-0.25, -0.2) is 9.59 Å². The van der Waals surface area contributed by atoms with Crippen molar-refractivity contribution in [1.82, 2.24) is 0 Å². The SMILES string of the molecule is C=CC(=O)OCCCOC1C=CC(C(=O)C(CC)(CC)OC(=O)C=C)=CC1. The van der Waals surface area contributed by atoms with Crippen molar-refractivity contribution in [1.29, 1.82) is 0 Å². The Morgan fingerprint density at radius 3 is 2.33 bits per heavy atom. The van der Waals surface area contributed by atoms with Crippen LogP contribution in [-0.4, -0.2) is 42.6 Å². The summed E-state index contributed by atoms with van der Waals surface area (Å²) in [6.07, 6.45) is 9.24. The molecule has 0 bridgehead atoms. The van der Waals surface area contributed by atoms with Crippen molar-refractivity contribution < 1.29 is 28.6 Å². The van der Waals surface area contributed by atoms with E-state index in [9.17, 15) is 14.4 Å². The highest BCUT2D eigenvalue weighted by Crippen LogP contribution is 2.28. The fourth-order valence-corrected chi connectivity index (χ4v) is 2.68. The average molecular weight is 376 g/mol. The van der Waals surface area contributed by atoms with Crippen molar-refractivity contribution in [3.63, 3.8) is 0 Å². The number of ether oxygens (including phenoxy) is 3. The Morgan fingerprint density at radius 2 is 1.81 bits per heavy atom. The number of carbonyl (C=O) groups excluding carboxylic acids is 3. The van der Waals surface area contributed by atoms with Gasteiger partial charge in [0.05, 0.1) is 19.3 Å². The zero-order valence-electron chi connectivity index (χ0n) is 16.1. The molecule has 1 atom stereocenters. The van der Waals surface area contributed by atoms with Crippen LogP contribution in [0.1, 0.15) is 39.5 Å². The molecule has 0 fully saturated rings. The van der Waals surface area contributed by atoms with Gasteiger partial charge in [-0.1, -0.05) is 45.2 Å². The van der Waals surface area contributed by atoms with Crippen LogP contribution in [0.5, 0.6) is 0 Å². The van der Waals surface area contributed by atoms with E-state index in [0.29, 0.717) is 37.9 Å². The molecule has 1 rings (SSSR count). The van der Waals surface area contributed by atoms with Gasteiger partial charge in [-0.2, -0.15) is 0 Å². The zero-order chi connectivity index (χ0) is 20.3. The van der Waals surface area contributed by atoms with Gasteiger partial charge in [0.1, 0.15) is 0 Å². The highest BCUT2D eigenvalue weighted by atomic mass is 16.6. The lowest BCUT2D eigenvalue weighted by atomic mass is 9.85. The Bertz CT molecular complexity index is 625. The molecule has 0 N–H and O–H groups in total. The lowest BCUT2D eigenvalue weighted by molar-refractivity contribution is -0.162. The van der Waals surface area contributed by atoms with E-state index < -0.39 is 17.5 Å². The van der Waals surface area contributed by atoms with Crippen LogP contribution < -0.4 is 0 Å². The summed E-state index contributed by atoms with van der Waals surface area (Å²) in [5.74, 6) is -1.27. The molecule has 0 aromatic carbocycles. The first-order chi connectivity index (χ1) is 12.9. The van der Waals surface area contributed by atoms with E-state index in [0.717, 1.165) is 12.2 Å². The molecule has 0 saturated carbocycles. The number of esters is 2. The quantitative estimate of drug-likeness (QED) is 0.296. The maximum absolute atomic E-state index is 12.9. The second kappa shape index (κ2) is 11.3. The molecule has 0 radical (unpaired) electrons. The minimum atomic E-state index is -1.18. The van der Waals surface area contributed by atoms with E-state index in [1.165, 1.54) is 0 Å². The molecule has 0 aromatic rings. The minimum Gasteiger partial charge on any atom is -0.462 e. The van der Waals surface area contributed by atoms with Crippen LogP contribution in [0.4, 0.5) is 0 Å². The number of carbonyl (C=O) groups is 3. The lowest BCUT2D eigenvalue weighted by Crippen LogP contribution is -2.43. The summed E-state index contributed by atoms with van der Waals surface area (Å²) in [7, 11) is 0. The van der Waals surface area contributed by atoms with Gasteiger partial charge in [-0.3, -0.25) is 4.79 Å². The van der Waals surface area contributed by atoms with E-state index in [4.69, 9.17) is 14.2 Å². The molecule has 6 heteroatoms. The fraction of sp³-hybridized carbons (Fsp3) is 0.476. The van der Waals surface area contributed by atoms with Crippen LogP contribution in [0, 0.1) is 0 Å². The van der Waals surface area contributed by atoms with Gasteiger partial charge in [-0.15, -0.1) is 0 Å². The summed E-state index contributed by atoms with van der Waals surface area (Å²) in [6.45, 7) is 11.0. The summed E-state index contributed by atoms with van der Waals surface area (Å²) in [6, 6.07) is 0. The van der Waals surface area contributed by atoms with E-state index in [-0.39, 0.29) is 18.5 Å². The highest BCUT2D eigenvalue weighted by molar-refractivity contribution is 6.05. The monoisotopic (exact) mass is 376 g/mol. The summed E-state index contributed by atoms with van der Waals surface area (Å²) < 4.78 is 15.9. The second-order valence-electron chi connectivity index (χ2n) is 6.04. The molecule has 27 heavy (non-hydrogen) atoms. The summed E-state index contributed by atoms with van der Waals surface area (Å²) in [5.41, 5.74) is -0.667. The number of rotatable bonds is 12. The molecule has 0 amide bonds. The first-order valence-corrected chi connectivity index (χ1v) is 9.11. The van der Waals surface area contributed by atoms with Crippen LogP contribution in [0.15, 0.2) is 49.1 Å². The van der Waals surface area contributed by atoms with Crippen LogP contribution in [0.3, 0.4) is 0 Å². The standard InChI is InChI=1S/C21H28O6/c1-5-18(22)26-15-9-14-25-17-12-10-16(11-13-17)20(24)21(7-3,8-4)27-19(23)6-2/h5-6,10-12,17H,1-2,7-9,13-15H2,3-4H3. The van der Waals surface area contributed by atoms with Gasteiger partial charge in [-0.05, 0) is 19.3 Å². The Morgan fingerprint density at radius 1 is 1.15 bits per heavy atom. The van der Waals surface area contributed by atoms with E-state index in [1.54, 1.807) is 12.2 Å². The van der Waals surface area contributed by atoms with Gasteiger partial charge in [0.15, 0.2) is 5.60 Å². The van der Waals surface area contributed by atoms with E-state index in [2.05, 4.69) is 13.2 Å². The van der Waals surface area contributed by atoms with Gasteiger partial charge in [0, 0.05) is 24.1 Å². The van der Waals surface area contributed by atoms with Crippen molar-refractivity contribution in [3.8, 4) is 0 Å². The number of allylic oxidation sites excluding steroid dienone is 1. The van der Waals surface area contributed by atoms with Crippen LogP contribution in [-0.2, 0) is 28.6 Å². The van der Waals surface area contributed by atoms with E-state index in [1.807, 2.05) is 19.9 Å². The first kappa shape index (κ1) is 22.6. The van der Waals surface area contributed by atoms with E-state index >= 15 is 0 Å². The predicted octanol–water partition coefficient (Wildman–Crippen LogP) is 3.23. The molecule has 1 aliphatic carbocycles. The first-order valence-electron chi connectivity index (χ1n) is 9.11. The summed E-state index contributed by atoms with van der Waals surface area (Å²) in [5, 5.41) is 0. The van der Waals surface area contributed by atoms with Crippen molar-refractivity contribution in [3.05, 3.63) is 49.1 Å². The normalized spacial score (nSPS) is 16.2. The van der Waals surface area contributed by atoms with Gasteiger partial charge < -0.3 is 14.2 Å². The Kier molecular flexibility index (Phi) is 9.44. The predicted molar refractivity (Wildman–Crippen MR) is 102 cm³/mol. The van der Waals surface area contributed by atoms with Crippen molar-refractivity contribution in [2.24, 2.45) is 0 Å². The van der Waals surface area contributed by atoms with Crippen LogP contribution in [0.25, 0.3) is 0 Å². The smallest absolute Gasteiger partial charge is 0.331 e. The molecule has 1 aliphatic rings. The highest BCUT2D eigenvalue weighted by Gasteiger charge is 2.39. The molecule has 0 heterocycles. The Labute approximate surface area is 160 Å². The maximum Gasteiger partial charge on any atom is 0.331 e. The third-order valence-electron chi connectivity index (χ3n) is 4.37. The zero-order valence-corrected chi connectivity index (χ0v) is 16.1. The molecule has 148 valence electrons. The number of ketones is 1. The topological polar surface area (TPSA) is 78.9 Å². The molecule has 0 aliphatic heterocycles. The largest absolute Gasteiger partial charge is 0.462 e. The third kappa shape index (κ3) is 6.64. The Hall–Kier alpha value is -2.47. The number of hydrogen-bond acceptors (Lipinski definition) is 6. The average Bonchev–Trinajstić information content (AvgIpc) is 2.71. The lowest BCUT2D eigenvalue weighted by Gasteiger charge is -2.30. The van der Waals surface area contributed by atoms with Gasteiger partial charge in [0.2, 0.25) is 5.78 Å². The Balaban J connectivity index is 2.56. The van der Waals surface area contributed by atoms with Crippen molar-refractivity contribution in [2.75, 3.05) is 13.2 Å². The molecular formula is C21H28O6. The number of Topliss-reactive ketones (excluding diaryl/α,β-unsaturated/α-hetero) is 1. The molecule has 0 spiro atoms. The molecule has 0 aromatic heterocycles.